The fourth-order valence-electron chi connectivity index (χ4n) is 2.89. The van der Waals surface area contributed by atoms with Crippen LogP contribution in [0.4, 0.5) is 11.4 Å². The van der Waals surface area contributed by atoms with Crippen molar-refractivity contribution in [3.63, 3.8) is 0 Å². The zero-order valence-electron chi connectivity index (χ0n) is 13.8. The maximum atomic E-state index is 12.6. The number of ether oxygens (including phenoxy) is 1. The Bertz CT molecular complexity index is 899. The highest BCUT2D eigenvalue weighted by Crippen LogP contribution is 2.29. The molecule has 0 radical (unpaired) electrons. The Kier molecular flexibility index (Phi) is 4.90. The molecule has 7 nitrogen and oxygen atoms in total. The van der Waals surface area contributed by atoms with Crippen molar-refractivity contribution >= 4 is 34.9 Å². The minimum Gasteiger partial charge on any atom is -0.449 e. The highest BCUT2D eigenvalue weighted by molar-refractivity contribution is 6.31. The predicted octanol–water partition coefficient (Wildman–Crippen LogP) is 3.38. The molecule has 3 rings (SSSR count). The van der Waals surface area contributed by atoms with Crippen LogP contribution in [0.25, 0.3) is 0 Å². The second-order valence-corrected chi connectivity index (χ2v) is 6.27. The van der Waals surface area contributed by atoms with Crippen molar-refractivity contribution in [2.24, 2.45) is 0 Å². The van der Waals surface area contributed by atoms with Gasteiger partial charge in [-0.05, 0) is 37.1 Å². The third-order valence-corrected chi connectivity index (χ3v) is 4.40. The fraction of sp³-hybridized carbons (Fsp3) is 0.222. The van der Waals surface area contributed by atoms with E-state index < -0.39 is 22.7 Å². The maximum Gasteiger partial charge on any atom is 0.345 e. The zero-order chi connectivity index (χ0) is 18.8. The average molecular weight is 375 g/mol. The van der Waals surface area contributed by atoms with Gasteiger partial charge in [0, 0.05) is 23.3 Å². The topological polar surface area (TPSA) is 89.7 Å². The van der Waals surface area contributed by atoms with E-state index in [0.29, 0.717) is 6.54 Å². The van der Waals surface area contributed by atoms with Crippen molar-refractivity contribution in [1.29, 1.82) is 0 Å². The normalized spacial score (nSPS) is 13.8. The van der Waals surface area contributed by atoms with Crippen molar-refractivity contribution in [2.45, 2.75) is 19.4 Å². The van der Waals surface area contributed by atoms with Crippen molar-refractivity contribution in [2.75, 3.05) is 11.4 Å². The van der Waals surface area contributed by atoms with Crippen LogP contribution in [0.1, 0.15) is 22.8 Å². The van der Waals surface area contributed by atoms with E-state index in [1.165, 1.54) is 13.0 Å². The number of halogens is 1. The number of hydrogen-bond donors (Lipinski definition) is 0. The second kappa shape index (κ2) is 7.13. The van der Waals surface area contributed by atoms with Gasteiger partial charge in [-0.1, -0.05) is 29.8 Å². The van der Waals surface area contributed by atoms with Crippen LogP contribution in [0.5, 0.6) is 0 Å². The molecule has 1 amide bonds. The molecule has 0 saturated carbocycles. The first-order valence-corrected chi connectivity index (χ1v) is 8.30. The monoisotopic (exact) mass is 374 g/mol. The van der Waals surface area contributed by atoms with Gasteiger partial charge in [0.25, 0.3) is 11.6 Å². The van der Waals surface area contributed by atoms with Crippen LogP contribution in [0.15, 0.2) is 42.5 Å². The number of anilines is 1. The molecule has 134 valence electrons. The molecular weight excluding hydrogens is 360 g/mol. The number of fused-ring (bicyclic) bond motifs is 1. The molecule has 2 aromatic rings. The van der Waals surface area contributed by atoms with E-state index in [9.17, 15) is 19.7 Å². The van der Waals surface area contributed by atoms with E-state index in [-0.39, 0.29) is 16.5 Å². The molecule has 1 heterocycles. The summed E-state index contributed by atoms with van der Waals surface area (Å²) in [5.74, 6) is -1.35. The summed E-state index contributed by atoms with van der Waals surface area (Å²) in [7, 11) is 0. The molecule has 8 heteroatoms. The molecule has 1 aliphatic heterocycles. The minimum absolute atomic E-state index is 0.162. The first-order valence-electron chi connectivity index (χ1n) is 7.92. The lowest BCUT2D eigenvalue weighted by Crippen LogP contribution is -2.39. The summed E-state index contributed by atoms with van der Waals surface area (Å²) in [5.41, 5.74) is 1.12. The number of carbonyl (C=O) groups excluding carboxylic acids is 2. The lowest BCUT2D eigenvalue weighted by atomic mass is 10.2. The second-order valence-electron chi connectivity index (χ2n) is 5.83. The summed E-state index contributed by atoms with van der Waals surface area (Å²) >= 11 is 5.82. The summed E-state index contributed by atoms with van der Waals surface area (Å²) < 4.78 is 5.18. The smallest absolute Gasteiger partial charge is 0.345 e. The van der Waals surface area contributed by atoms with Crippen LogP contribution in [0.2, 0.25) is 5.02 Å². The Labute approximate surface area is 154 Å². The van der Waals surface area contributed by atoms with Gasteiger partial charge in [-0.3, -0.25) is 14.9 Å². The van der Waals surface area contributed by atoms with E-state index in [2.05, 4.69) is 0 Å². The largest absolute Gasteiger partial charge is 0.449 e. The van der Waals surface area contributed by atoms with E-state index in [1.807, 2.05) is 24.3 Å². The number of para-hydroxylation sites is 1. The molecule has 2 aromatic carbocycles. The number of nitro benzene ring substituents is 1. The third kappa shape index (κ3) is 3.39. The molecule has 0 unspecified atom stereocenters. The van der Waals surface area contributed by atoms with Crippen molar-refractivity contribution in [3.8, 4) is 0 Å². The van der Waals surface area contributed by atoms with Gasteiger partial charge in [-0.2, -0.15) is 0 Å². The third-order valence-electron chi connectivity index (χ3n) is 4.16. The molecule has 0 aromatic heterocycles. The standard InChI is InChI=1S/C18H15ClN2O5/c1-11(17(22)20-9-8-12-4-2-3-5-15(12)20)26-18(23)14-10-13(19)6-7-16(14)21(24)25/h2-7,10-11H,8-9H2,1H3/t11-/m1/s1. The molecule has 0 aliphatic carbocycles. The van der Waals surface area contributed by atoms with Gasteiger partial charge in [-0.15, -0.1) is 0 Å². The molecule has 26 heavy (non-hydrogen) atoms. The summed E-state index contributed by atoms with van der Waals surface area (Å²) in [6, 6.07) is 11.1. The predicted molar refractivity (Wildman–Crippen MR) is 95.5 cm³/mol. The highest BCUT2D eigenvalue weighted by Gasteiger charge is 2.31. The van der Waals surface area contributed by atoms with E-state index in [1.54, 1.807) is 4.90 Å². The van der Waals surface area contributed by atoms with Gasteiger partial charge in [-0.25, -0.2) is 4.79 Å². The number of benzene rings is 2. The number of carbonyl (C=O) groups is 2. The Morgan fingerprint density at radius 2 is 2.00 bits per heavy atom. The van der Waals surface area contributed by atoms with Gasteiger partial charge in [0.15, 0.2) is 6.10 Å². The number of nitro groups is 1. The lowest BCUT2D eigenvalue weighted by Gasteiger charge is -2.21. The first-order chi connectivity index (χ1) is 12.4. The van der Waals surface area contributed by atoms with Gasteiger partial charge >= 0.3 is 5.97 Å². The molecule has 0 saturated heterocycles. The minimum atomic E-state index is -1.09. The number of nitrogens with zero attached hydrogens (tertiary/aromatic N) is 2. The molecule has 0 N–H and O–H groups in total. The highest BCUT2D eigenvalue weighted by atomic mass is 35.5. The van der Waals surface area contributed by atoms with E-state index in [0.717, 1.165) is 29.8 Å². The van der Waals surface area contributed by atoms with Crippen molar-refractivity contribution in [3.05, 3.63) is 68.7 Å². The van der Waals surface area contributed by atoms with Crippen molar-refractivity contribution in [1.82, 2.24) is 0 Å². The van der Waals surface area contributed by atoms with E-state index in [4.69, 9.17) is 16.3 Å². The molecular formula is C18H15ClN2O5. The van der Waals surface area contributed by atoms with Crippen molar-refractivity contribution < 1.29 is 19.2 Å². The fourth-order valence-corrected chi connectivity index (χ4v) is 3.06. The molecule has 1 aliphatic rings. The van der Waals surface area contributed by atoms with Gasteiger partial charge < -0.3 is 9.64 Å². The van der Waals surface area contributed by atoms with Crippen LogP contribution in [-0.4, -0.2) is 29.4 Å². The van der Waals surface area contributed by atoms with E-state index >= 15 is 0 Å². The quantitative estimate of drug-likeness (QED) is 0.465. The summed E-state index contributed by atoms with van der Waals surface area (Å²) in [5, 5.41) is 11.2. The Morgan fingerprint density at radius 3 is 2.73 bits per heavy atom. The van der Waals surface area contributed by atoms with Crippen LogP contribution >= 0.6 is 11.6 Å². The average Bonchev–Trinajstić information content (AvgIpc) is 3.04. The summed E-state index contributed by atoms with van der Waals surface area (Å²) in [6.45, 7) is 1.94. The van der Waals surface area contributed by atoms with Gasteiger partial charge in [0.05, 0.1) is 4.92 Å². The summed E-state index contributed by atoms with van der Waals surface area (Å²) in [6.07, 6.45) is -0.366. The lowest BCUT2D eigenvalue weighted by molar-refractivity contribution is -0.385. The summed E-state index contributed by atoms with van der Waals surface area (Å²) in [4.78, 5) is 36.9. The van der Waals surface area contributed by atoms with Gasteiger partial charge in [0.2, 0.25) is 0 Å². The Hall–Kier alpha value is -2.93. The molecule has 0 spiro atoms. The molecule has 0 fully saturated rings. The maximum absolute atomic E-state index is 12.6. The number of amides is 1. The number of hydrogen-bond acceptors (Lipinski definition) is 5. The Balaban J connectivity index is 1.77. The number of esters is 1. The zero-order valence-corrected chi connectivity index (χ0v) is 14.6. The number of rotatable bonds is 4. The van der Waals surface area contributed by atoms with Crippen LogP contribution in [0.3, 0.4) is 0 Å². The SMILES string of the molecule is C[C@@H](OC(=O)c1cc(Cl)ccc1[N+](=O)[O-])C(=O)N1CCc2ccccc21. The van der Waals surface area contributed by atoms with Crippen LogP contribution in [-0.2, 0) is 16.0 Å². The van der Waals surface area contributed by atoms with Crippen LogP contribution < -0.4 is 4.90 Å². The Morgan fingerprint density at radius 1 is 1.27 bits per heavy atom. The molecule has 1 atom stereocenters. The van der Waals surface area contributed by atoms with Gasteiger partial charge in [0.1, 0.15) is 5.56 Å². The first kappa shape index (κ1) is 17.9. The molecule has 0 bridgehead atoms. The van der Waals surface area contributed by atoms with Crippen LogP contribution in [0, 0.1) is 10.1 Å².